The van der Waals surface area contributed by atoms with Crippen molar-refractivity contribution in [3.8, 4) is 6.07 Å². The molecule has 188 valence electrons. The molecule has 0 spiro atoms. The Hall–Kier alpha value is -3.09. The Balaban J connectivity index is 1.88. The van der Waals surface area contributed by atoms with Gasteiger partial charge in [0.15, 0.2) is 0 Å². The second-order valence-electron chi connectivity index (χ2n) is 8.43. The molecule has 0 bridgehead atoms. The molecule has 1 aromatic heterocycles. The van der Waals surface area contributed by atoms with Crippen molar-refractivity contribution >= 4 is 45.2 Å². The van der Waals surface area contributed by atoms with E-state index in [-0.39, 0.29) is 35.2 Å². The molecule has 2 aromatic carbocycles. The molecule has 0 radical (unpaired) electrons. The molecule has 0 saturated heterocycles. The van der Waals surface area contributed by atoms with Gasteiger partial charge in [0.25, 0.3) is 5.91 Å². The number of hydrogen-bond donors (Lipinski definition) is 1. The van der Waals surface area contributed by atoms with E-state index in [1.165, 1.54) is 34.6 Å². The number of nitrogens with one attached hydrogen (secondary N) is 1. The maximum absolute atomic E-state index is 13.5. The molecule has 7 nitrogen and oxygen atoms in total. The van der Waals surface area contributed by atoms with E-state index in [0.29, 0.717) is 22.4 Å². The molecule has 1 amide bonds. The van der Waals surface area contributed by atoms with Crippen LogP contribution in [0.2, 0.25) is 10.0 Å². The first kappa shape index (κ1) is 27.5. The third-order valence-electron chi connectivity index (χ3n) is 5.06. The first-order valence-electron chi connectivity index (χ1n) is 11.1. The van der Waals surface area contributed by atoms with Crippen molar-refractivity contribution in [3.63, 3.8) is 0 Å². The highest BCUT2D eigenvalue weighted by Gasteiger charge is 2.26. The third-order valence-corrected chi connectivity index (χ3v) is 7.37. The van der Waals surface area contributed by atoms with Gasteiger partial charge in [-0.05, 0) is 60.0 Å². The van der Waals surface area contributed by atoms with Gasteiger partial charge < -0.3 is 9.73 Å². The highest BCUT2D eigenvalue weighted by molar-refractivity contribution is 7.89. The molecular weight excluding hydrogens is 521 g/mol. The second kappa shape index (κ2) is 12.2. The lowest BCUT2D eigenvalue weighted by atomic mass is 10.2. The number of nitrogens with zero attached hydrogens (tertiary/aromatic N) is 2. The number of carbonyl (C=O) groups is 1. The number of hydrogen-bond acceptors (Lipinski definition) is 5. The summed E-state index contributed by atoms with van der Waals surface area (Å²) in [5.41, 5.74) is 0.626. The summed E-state index contributed by atoms with van der Waals surface area (Å²) in [4.78, 5) is 12.3. The summed E-state index contributed by atoms with van der Waals surface area (Å²) >= 11 is 11.9. The van der Waals surface area contributed by atoms with E-state index in [4.69, 9.17) is 27.6 Å². The molecule has 10 heteroatoms. The molecule has 1 N–H and O–H groups in total. The Morgan fingerprint density at radius 3 is 2.22 bits per heavy atom. The zero-order valence-electron chi connectivity index (χ0n) is 19.7. The van der Waals surface area contributed by atoms with Gasteiger partial charge >= 0.3 is 0 Å². The maximum atomic E-state index is 13.5. The van der Waals surface area contributed by atoms with E-state index in [1.54, 1.807) is 36.4 Å². The van der Waals surface area contributed by atoms with E-state index < -0.39 is 15.9 Å². The Morgan fingerprint density at radius 1 is 1.03 bits per heavy atom. The lowest BCUT2D eigenvalue weighted by molar-refractivity contribution is -0.117. The van der Waals surface area contributed by atoms with Gasteiger partial charge in [0.05, 0.1) is 11.4 Å². The molecule has 1 heterocycles. The van der Waals surface area contributed by atoms with Crippen LogP contribution in [0.3, 0.4) is 0 Å². The van der Waals surface area contributed by atoms with Crippen LogP contribution in [0, 0.1) is 17.2 Å². The van der Waals surface area contributed by atoms with Crippen molar-refractivity contribution < 1.29 is 17.6 Å². The van der Waals surface area contributed by atoms with E-state index in [9.17, 15) is 18.5 Å². The van der Waals surface area contributed by atoms with Gasteiger partial charge in [-0.3, -0.25) is 4.79 Å². The van der Waals surface area contributed by atoms with Gasteiger partial charge in [-0.1, -0.05) is 49.2 Å². The largest absolute Gasteiger partial charge is 0.460 e. The van der Waals surface area contributed by atoms with Crippen LogP contribution in [0.25, 0.3) is 6.08 Å². The maximum Gasteiger partial charge on any atom is 0.262 e. The zero-order chi connectivity index (χ0) is 26.3. The summed E-state index contributed by atoms with van der Waals surface area (Å²) in [5.74, 6) is 0.335. The number of furan rings is 1. The summed E-state index contributed by atoms with van der Waals surface area (Å²) in [7, 11) is -3.92. The minimum Gasteiger partial charge on any atom is -0.460 e. The van der Waals surface area contributed by atoms with Crippen molar-refractivity contribution in [3.05, 3.63) is 93.4 Å². The number of amides is 1. The summed E-state index contributed by atoms with van der Waals surface area (Å²) in [6.07, 6.45) is 1.33. The lowest BCUT2D eigenvalue weighted by Crippen LogP contribution is -2.30. The topological polar surface area (TPSA) is 103 Å². The SMILES string of the molecule is CC(C)CNC(=O)/C(C#N)=C\c1ccc(CN(Cc2ccc(Cl)cc2)S(=O)(=O)c2ccc(Cl)cc2)o1. The molecule has 0 unspecified atom stereocenters. The average molecular weight is 546 g/mol. The van der Waals surface area contributed by atoms with E-state index in [0.717, 1.165) is 5.56 Å². The fourth-order valence-corrected chi connectivity index (χ4v) is 4.84. The average Bonchev–Trinajstić information content (AvgIpc) is 3.29. The summed E-state index contributed by atoms with van der Waals surface area (Å²) < 4.78 is 34.0. The number of rotatable bonds is 10. The van der Waals surface area contributed by atoms with Crippen LogP contribution in [0.15, 0.2) is 75.5 Å². The monoisotopic (exact) mass is 545 g/mol. The quantitative estimate of drug-likeness (QED) is 0.261. The first-order chi connectivity index (χ1) is 17.1. The smallest absolute Gasteiger partial charge is 0.262 e. The van der Waals surface area contributed by atoms with Crippen LogP contribution < -0.4 is 5.32 Å². The highest BCUT2D eigenvalue weighted by atomic mass is 35.5. The lowest BCUT2D eigenvalue weighted by Gasteiger charge is -2.21. The minimum atomic E-state index is -3.92. The molecule has 0 fully saturated rings. The van der Waals surface area contributed by atoms with E-state index >= 15 is 0 Å². The summed E-state index contributed by atoms with van der Waals surface area (Å²) in [6, 6.07) is 17.8. The van der Waals surface area contributed by atoms with Gasteiger partial charge in [-0.25, -0.2) is 8.42 Å². The Kier molecular flexibility index (Phi) is 9.35. The number of halogens is 2. The second-order valence-corrected chi connectivity index (χ2v) is 11.2. The van der Waals surface area contributed by atoms with Crippen LogP contribution in [0.4, 0.5) is 0 Å². The molecule has 0 aliphatic rings. The Labute approximate surface area is 221 Å². The molecule has 36 heavy (non-hydrogen) atoms. The van der Waals surface area contributed by atoms with Crippen LogP contribution >= 0.6 is 23.2 Å². The van der Waals surface area contributed by atoms with E-state index in [1.807, 2.05) is 19.9 Å². The molecule has 3 aromatic rings. The van der Waals surface area contributed by atoms with Crippen molar-refractivity contribution in [1.29, 1.82) is 5.26 Å². The molecular formula is C26H25Cl2N3O4S. The van der Waals surface area contributed by atoms with Gasteiger partial charge in [-0.2, -0.15) is 9.57 Å². The van der Waals surface area contributed by atoms with Gasteiger partial charge in [-0.15, -0.1) is 0 Å². The summed E-state index contributed by atoms with van der Waals surface area (Å²) in [6.45, 7) is 4.31. The van der Waals surface area contributed by atoms with Crippen LogP contribution in [-0.4, -0.2) is 25.2 Å². The van der Waals surface area contributed by atoms with Crippen LogP contribution in [0.1, 0.15) is 30.9 Å². The molecule has 0 atom stereocenters. The molecule has 0 aliphatic carbocycles. The molecule has 0 aliphatic heterocycles. The standard InChI is InChI=1S/C26H25Cl2N3O4S/c1-18(2)15-30-26(32)20(14-29)13-23-9-10-24(35-23)17-31(16-19-3-5-21(27)6-4-19)36(33,34)25-11-7-22(28)8-12-25/h3-13,18H,15-17H2,1-2H3,(H,30,32)/b20-13-. The van der Waals surface area contributed by atoms with Gasteiger partial charge in [0.1, 0.15) is 23.2 Å². The van der Waals surface area contributed by atoms with Crippen LogP contribution in [0.5, 0.6) is 0 Å². The number of benzene rings is 2. The fourth-order valence-electron chi connectivity index (χ4n) is 3.19. The van der Waals surface area contributed by atoms with Crippen LogP contribution in [-0.2, 0) is 27.9 Å². The molecule has 3 rings (SSSR count). The first-order valence-corrected chi connectivity index (χ1v) is 13.3. The number of nitriles is 1. The summed E-state index contributed by atoms with van der Waals surface area (Å²) in [5, 5.41) is 13.0. The molecule has 0 saturated carbocycles. The predicted molar refractivity (Wildman–Crippen MR) is 139 cm³/mol. The van der Waals surface area contributed by atoms with Gasteiger partial charge in [0.2, 0.25) is 10.0 Å². The van der Waals surface area contributed by atoms with Crippen molar-refractivity contribution in [2.75, 3.05) is 6.54 Å². The van der Waals surface area contributed by atoms with Gasteiger partial charge in [0, 0.05) is 29.2 Å². The highest BCUT2D eigenvalue weighted by Crippen LogP contribution is 2.24. The van der Waals surface area contributed by atoms with Crippen molar-refractivity contribution in [1.82, 2.24) is 9.62 Å². The Morgan fingerprint density at radius 2 is 1.64 bits per heavy atom. The Bertz CT molecular complexity index is 1370. The third kappa shape index (κ3) is 7.45. The minimum absolute atomic E-state index is 0.0645. The fraction of sp³-hybridized carbons (Fsp3) is 0.231. The number of sulfonamides is 1. The van der Waals surface area contributed by atoms with E-state index in [2.05, 4.69) is 5.32 Å². The van der Waals surface area contributed by atoms with Crippen molar-refractivity contribution in [2.45, 2.75) is 31.8 Å². The van der Waals surface area contributed by atoms with Crippen molar-refractivity contribution in [2.24, 2.45) is 5.92 Å². The normalized spacial score (nSPS) is 12.1. The number of carbonyl (C=O) groups excluding carboxylic acids is 1. The zero-order valence-corrected chi connectivity index (χ0v) is 22.1. The predicted octanol–water partition coefficient (Wildman–Crippen LogP) is 5.66.